The van der Waals surface area contributed by atoms with Crippen molar-refractivity contribution in [1.29, 1.82) is 0 Å². The zero-order valence-corrected chi connectivity index (χ0v) is 11.5. The van der Waals surface area contributed by atoms with Crippen molar-refractivity contribution in [2.45, 2.75) is 35.9 Å². The fraction of sp³-hybridized carbons (Fsp3) is 0.429. The molecule has 0 amide bonds. The summed E-state index contributed by atoms with van der Waals surface area (Å²) in [6.07, 6.45) is -1.17. The Morgan fingerprint density at radius 3 is 2.90 bits per heavy atom. The Labute approximate surface area is 120 Å². The third kappa shape index (κ3) is 2.57. The molecule has 0 aromatic heterocycles. The largest absolute Gasteiger partial charge is 0.462 e. The van der Waals surface area contributed by atoms with Crippen LogP contribution in [0.15, 0.2) is 34.6 Å². The minimum Gasteiger partial charge on any atom is -0.462 e. The molecule has 108 valence electrons. The summed E-state index contributed by atoms with van der Waals surface area (Å²) in [6, 6.07) is 5.67. The van der Waals surface area contributed by atoms with Gasteiger partial charge >= 0.3 is 0 Å². The number of hydrogen-bond acceptors (Lipinski definition) is 6. The molecular formula is C14H16O5S. The van der Waals surface area contributed by atoms with E-state index < -0.39 is 24.6 Å². The molecule has 6 heteroatoms. The molecule has 0 unspecified atom stereocenters. The molecule has 0 saturated carbocycles. The van der Waals surface area contributed by atoms with Gasteiger partial charge in [0.15, 0.2) is 0 Å². The van der Waals surface area contributed by atoms with Gasteiger partial charge in [0.1, 0.15) is 24.1 Å². The van der Waals surface area contributed by atoms with Crippen molar-refractivity contribution in [2.24, 2.45) is 0 Å². The molecule has 1 aromatic carbocycles. The highest BCUT2D eigenvalue weighted by atomic mass is 32.2. The van der Waals surface area contributed by atoms with Gasteiger partial charge in [-0.3, -0.25) is 0 Å². The summed E-state index contributed by atoms with van der Waals surface area (Å²) in [5.74, 6) is 0.578. The zero-order valence-electron chi connectivity index (χ0n) is 10.7. The second-order valence-corrected chi connectivity index (χ2v) is 5.74. The van der Waals surface area contributed by atoms with E-state index in [-0.39, 0.29) is 6.61 Å². The highest BCUT2D eigenvalue weighted by molar-refractivity contribution is 8.02. The molecule has 0 radical (unpaired) electrons. The number of aliphatic hydroxyl groups excluding tert-OH is 3. The third-order valence-corrected chi connectivity index (χ3v) is 4.39. The molecule has 20 heavy (non-hydrogen) atoms. The van der Waals surface area contributed by atoms with Gasteiger partial charge in [-0.25, -0.2) is 0 Å². The number of benzene rings is 1. The monoisotopic (exact) mass is 296 g/mol. The van der Waals surface area contributed by atoms with Gasteiger partial charge in [0.05, 0.1) is 6.61 Å². The SMILES string of the molecule is OC[C@H]1O[C@@H](Oc2ccc3c(c2)CC=CS3)[C@H](O)[C@H]1O. The Hall–Kier alpha value is -1.05. The van der Waals surface area contributed by atoms with E-state index in [1.807, 2.05) is 12.1 Å². The Morgan fingerprint density at radius 1 is 1.30 bits per heavy atom. The lowest BCUT2D eigenvalue weighted by molar-refractivity contribution is -0.116. The predicted octanol–water partition coefficient (Wildman–Crippen LogP) is 0.666. The molecule has 2 heterocycles. The van der Waals surface area contributed by atoms with Crippen LogP contribution in [-0.2, 0) is 11.2 Å². The van der Waals surface area contributed by atoms with Gasteiger partial charge in [-0.2, -0.15) is 0 Å². The van der Waals surface area contributed by atoms with Crippen molar-refractivity contribution in [2.75, 3.05) is 6.61 Å². The number of aliphatic hydroxyl groups is 3. The second kappa shape index (κ2) is 5.75. The van der Waals surface area contributed by atoms with E-state index in [2.05, 4.69) is 11.5 Å². The van der Waals surface area contributed by atoms with Gasteiger partial charge in [-0.15, -0.1) is 0 Å². The minimum atomic E-state index is -1.17. The molecule has 3 rings (SSSR count). The Kier molecular flexibility index (Phi) is 4.00. The highest BCUT2D eigenvalue weighted by Crippen LogP contribution is 2.33. The maximum atomic E-state index is 9.83. The maximum absolute atomic E-state index is 9.83. The Balaban J connectivity index is 1.72. The first kappa shape index (κ1) is 13.9. The number of thioether (sulfide) groups is 1. The summed E-state index contributed by atoms with van der Waals surface area (Å²) < 4.78 is 10.9. The molecule has 3 N–H and O–H groups in total. The number of hydrogen-bond donors (Lipinski definition) is 3. The Morgan fingerprint density at radius 2 is 2.15 bits per heavy atom. The van der Waals surface area contributed by atoms with Crippen molar-refractivity contribution in [3.8, 4) is 5.75 Å². The molecule has 2 aliphatic rings. The van der Waals surface area contributed by atoms with Gasteiger partial charge in [0.25, 0.3) is 0 Å². The topological polar surface area (TPSA) is 79.2 Å². The van der Waals surface area contributed by atoms with E-state index in [1.54, 1.807) is 17.8 Å². The smallest absolute Gasteiger partial charge is 0.229 e. The fourth-order valence-electron chi connectivity index (χ4n) is 2.30. The minimum absolute atomic E-state index is 0.357. The molecular weight excluding hydrogens is 280 g/mol. The molecule has 0 aliphatic carbocycles. The van der Waals surface area contributed by atoms with Gasteiger partial charge < -0.3 is 24.8 Å². The van der Waals surface area contributed by atoms with Gasteiger partial charge in [-0.05, 0) is 35.6 Å². The van der Waals surface area contributed by atoms with Crippen LogP contribution >= 0.6 is 11.8 Å². The van der Waals surface area contributed by atoms with Crippen molar-refractivity contribution in [1.82, 2.24) is 0 Å². The maximum Gasteiger partial charge on any atom is 0.229 e. The van der Waals surface area contributed by atoms with Crippen LogP contribution in [0.1, 0.15) is 5.56 Å². The molecule has 1 aromatic rings. The first-order chi connectivity index (χ1) is 9.69. The van der Waals surface area contributed by atoms with Crippen LogP contribution in [0.2, 0.25) is 0 Å². The van der Waals surface area contributed by atoms with Gasteiger partial charge in [-0.1, -0.05) is 17.8 Å². The predicted molar refractivity (Wildman–Crippen MR) is 73.5 cm³/mol. The van der Waals surface area contributed by atoms with Crippen molar-refractivity contribution in [3.63, 3.8) is 0 Å². The lowest BCUT2D eigenvalue weighted by atomic mass is 10.1. The average molecular weight is 296 g/mol. The summed E-state index contributed by atoms with van der Waals surface area (Å²) in [4.78, 5) is 1.18. The lowest BCUT2D eigenvalue weighted by Gasteiger charge is -2.18. The molecule has 4 atom stereocenters. The van der Waals surface area contributed by atoms with Crippen LogP contribution in [0, 0.1) is 0 Å². The number of rotatable bonds is 3. The molecule has 0 spiro atoms. The summed E-state index contributed by atoms with van der Waals surface area (Å²) in [6.45, 7) is -0.357. The first-order valence-electron chi connectivity index (χ1n) is 6.43. The molecule has 0 bridgehead atoms. The van der Waals surface area contributed by atoms with Crippen molar-refractivity contribution < 1.29 is 24.8 Å². The zero-order chi connectivity index (χ0) is 14.1. The standard InChI is InChI=1S/C14H16O5S/c15-7-10-12(16)13(17)14(19-10)18-9-3-4-11-8(6-9)2-1-5-20-11/h1,3-6,10,12-17H,2,7H2/t10-,12+,13-,14-/m1/s1. The Bertz CT molecular complexity index is 518. The summed E-state index contributed by atoms with van der Waals surface area (Å²) in [7, 11) is 0. The lowest BCUT2D eigenvalue weighted by Crippen LogP contribution is -2.35. The van der Waals surface area contributed by atoms with Crippen molar-refractivity contribution >= 4 is 11.8 Å². The van der Waals surface area contributed by atoms with E-state index in [9.17, 15) is 10.2 Å². The van der Waals surface area contributed by atoms with Crippen LogP contribution in [0.4, 0.5) is 0 Å². The number of fused-ring (bicyclic) bond motifs is 1. The van der Waals surface area contributed by atoms with Crippen LogP contribution in [-0.4, -0.2) is 46.5 Å². The molecule has 5 nitrogen and oxygen atoms in total. The molecule has 1 fully saturated rings. The second-order valence-electron chi connectivity index (χ2n) is 4.79. The quantitative estimate of drug-likeness (QED) is 0.761. The average Bonchev–Trinajstić information content (AvgIpc) is 2.75. The molecule has 2 aliphatic heterocycles. The van der Waals surface area contributed by atoms with Crippen molar-refractivity contribution in [3.05, 3.63) is 35.2 Å². The van der Waals surface area contributed by atoms with E-state index in [0.29, 0.717) is 5.75 Å². The number of ether oxygens (including phenoxy) is 2. The van der Waals surface area contributed by atoms with Gasteiger partial charge in [0, 0.05) is 4.90 Å². The summed E-state index contributed by atoms with van der Waals surface area (Å²) in [5, 5.41) is 30.6. The van der Waals surface area contributed by atoms with Crippen LogP contribution < -0.4 is 4.74 Å². The normalized spacial score (nSPS) is 32.1. The third-order valence-electron chi connectivity index (χ3n) is 3.41. The van der Waals surface area contributed by atoms with Gasteiger partial charge in [0.2, 0.25) is 6.29 Å². The van der Waals surface area contributed by atoms with Crippen LogP contribution in [0.25, 0.3) is 0 Å². The number of allylic oxidation sites excluding steroid dienone is 1. The van der Waals surface area contributed by atoms with E-state index >= 15 is 0 Å². The van der Waals surface area contributed by atoms with Crippen LogP contribution in [0.5, 0.6) is 5.75 Å². The summed E-state index contributed by atoms with van der Waals surface area (Å²) in [5.41, 5.74) is 1.15. The summed E-state index contributed by atoms with van der Waals surface area (Å²) >= 11 is 1.66. The van der Waals surface area contributed by atoms with E-state index in [0.717, 1.165) is 12.0 Å². The van der Waals surface area contributed by atoms with E-state index in [1.165, 1.54) is 4.90 Å². The first-order valence-corrected chi connectivity index (χ1v) is 7.30. The van der Waals surface area contributed by atoms with E-state index in [4.69, 9.17) is 14.6 Å². The highest BCUT2D eigenvalue weighted by Gasteiger charge is 2.43. The fourth-order valence-corrected chi connectivity index (χ4v) is 3.08. The van der Waals surface area contributed by atoms with Crippen LogP contribution in [0.3, 0.4) is 0 Å². The molecule has 1 saturated heterocycles.